The molecule has 1 saturated heterocycles. The Hall–Kier alpha value is -4.59. The van der Waals surface area contributed by atoms with Crippen molar-refractivity contribution in [2.24, 2.45) is 0 Å². The Balaban J connectivity index is 1.92. The van der Waals surface area contributed by atoms with E-state index in [0.717, 1.165) is 0 Å². The lowest BCUT2D eigenvalue weighted by Crippen LogP contribution is -2.29. The van der Waals surface area contributed by atoms with Gasteiger partial charge in [0.25, 0.3) is 11.7 Å². The van der Waals surface area contributed by atoms with Gasteiger partial charge >= 0.3 is 5.97 Å². The fourth-order valence-corrected chi connectivity index (χ4v) is 4.26. The first-order valence-corrected chi connectivity index (χ1v) is 11.7. The van der Waals surface area contributed by atoms with Gasteiger partial charge in [-0.05, 0) is 55.8 Å². The Morgan fingerprint density at radius 2 is 1.65 bits per heavy atom. The summed E-state index contributed by atoms with van der Waals surface area (Å²) < 4.78 is 16.0. The molecule has 1 fully saturated rings. The van der Waals surface area contributed by atoms with Crippen LogP contribution in [0.3, 0.4) is 0 Å². The number of rotatable bonds is 7. The normalized spacial score (nSPS) is 16.7. The molecule has 1 amide bonds. The van der Waals surface area contributed by atoms with Crippen LogP contribution >= 0.6 is 0 Å². The first kappa shape index (κ1) is 25.5. The number of nitrogens with zero attached hydrogens (tertiary/aromatic N) is 1. The molecule has 1 N–H and O–H groups in total. The number of esters is 1. The molecule has 1 heterocycles. The zero-order valence-corrected chi connectivity index (χ0v) is 20.9. The highest BCUT2D eigenvalue weighted by molar-refractivity contribution is 6.51. The van der Waals surface area contributed by atoms with Crippen LogP contribution in [0.15, 0.2) is 78.4 Å². The van der Waals surface area contributed by atoms with E-state index < -0.39 is 29.5 Å². The number of methoxy groups -OCH3 is 2. The lowest BCUT2D eigenvalue weighted by molar-refractivity contribution is -0.132. The maximum atomic E-state index is 13.4. The Kier molecular flexibility index (Phi) is 7.29. The molecule has 1 aliphatic heterocycles. The minimum Gasteiger partial charge on any atom is -0.507 e. The largest absolute Gasteiger partial charge is 0.507 e. The number of amides is 1. The molecule has 8 heteroatoms. The molecule has 3 aromatic rings. The molecule has 1 unspecified atom stereocenters. The number of benzene rings is 3. The molecule has 0 aromatic heterocycles. The second-order valence-electron chi connectivity index (χ2n) is 8.65. The number of hydrogen-bond donors (Lipinski definition) is 1. The number of Topliss-reactive ketones (excluding diaryl/α,β-unsaturated/α-hetero) is 1. The number of carbonyl (C=O) groups is 3. The van der Waals surface area contributed by atoms with Crippen LogP contribution in [0, 0.1) is 0 Å². The summed E-state index contributed by atoms with van der Waals surface area (Å²) in [5.41, 5.74) is 1.23. The molecule has 3 aromatic carbocycles. The molecule has 8 nitrogen and oxygen atoms in total. The van der Waals surface area contributed by atoms with Crippen LogP contribution in [0.25, 0.3) is 5.76 Å². The van der Waals surface area contributed by atoms with E-state index in [-0.39, 0.29) is 22.8 Å². The predicted molar refractivity (Wildman–Crippen MR) is 138 cm³/mol. The maximum absolute atomic E-state index is 13.4. The minimum absolute atomic E-state index is 0.113. The van der Waals surface area contributed by atoms with E-state index in [0.29, 0.717) is 22.7 Å². The van der Waals surface area contributed by atoms with Crippen LogP contribution in [-0.4, -0.2) is 43.1 Å². The van der Waals surface area contributed by atoms with Crippen LogP contribution in [0.1, 0.15) is 41.4 Å². The fraction of sp³-hybridized carbons (Fsp3) is 0.207. The highest BCUT2D eigenvalue weighted by Crippen LogP contribution is 2.43. The van der Waals surface area contributed by atoms with Crippen LogP contribution in [0.5, 0.6) is 11.5 Å². The Bertz CT molecular complexity index is 1380. The third-order valence-electron chi connectivity index (χ3n) is 5.92. The number of aliphatic hydroxyl groups excluding tert-OH is 1. The second kappa shape index (κ2) is 10.6. The molecule has 1 atom stereocenters. The number of anilines is 1. The van der Waals surface area contributed by atoms with Crippen LogP contribution in [0.4, 0.5) is 5.69 Å². The number of carbonyl (C=O) groups excluding carboxylic acids is 3. The van der Waals surface area contributed by atoms with E-state index in [4.69, 9.17) is 14.2 Å². The van der Waals surface area contributed by atoms with Gasteiger partial charge in [0.15, 0.2) is 0 Å². The number of aliphatic hydroxyl groups is 1. The van der Waals surface area contributed by atoms with Crippen molar-refractivity contribution >= 4 is 29.1 Å². The third-order valence-corrected chi connectivity index (χ3v) is 5.92. The second-order valence-corrected chi connectivity index (χ2v) is 8.65. The Morgan fingerprint density at radius 1 is 0.919 bits per heavy atom. The third kappa shape index (κ3) is 4.91. The lowest BCUT2D eigenvalue weighted by Gasteiger charge is -2.26. The minimum atomic E-state index is -0.964. The van der Waals surface area contributed by atoms with E-state index >= 15 is 0 Å². The van der Waals surface area contributed by atoms with Crippen molar-refractivity contribution in [2.75, 3.05) is 19.1 Å². The molecule has 190 valence electrons. The van der Waals surface area contributed by atoms with Crippen molar-refractivity contribution in [3.63, 3.8) is 0 Å². The molecule has 0 bridgehead atoms. The summed E-state index contributed by atoms with van der Waals surface area (Å²) >= 11 is 0. The van der Waals surface area contributed by atoms with Gasteiger partial charge in [-0.1, -0.05) is 36.4 Å². The van der Waals surface area contributed by atoms with Crippen molar-refractivity contribution in [1.82, 2.24) is 0 Å². The quantitative estimate of drug-likeness (QED) is 0.213. The summed E-state index contributed by atoms with van der Waals surface area (Å²) in [7, 11) is 2.92. The standard InChI is InChI=1S/C29H27NO7/c1-17(2)37-29(34)19-11-8-12-20(15-19)30-25(18-9-6-5-7-10-18)24(27(32)28(30)33)26(31)22-16-21(35-3)13-14-23(22)36-4/h5-17,25,31H,1-4H3/b26-24+. The van der Waals surface area contributed by atoms with Gasteiger partial charge in [0, 0.05) is 5.69 Å². The Labute approximate surface area is 214 Å². The number of ketones is 1. The smallest absolute Gasteiger partial charge is 0.338 e. The SMILES string of the molecule is COc1ccc(OC)c(/C(O)=C2\C(=O)C(=O)N(c3cccc(C(=O)OC(C)C)c3)C2c2ccccc2)c1. The first-order valence-electron chi connectivity index (χ1n) is 11.7. The fourth-order valence-electron chi connectivity index (χ4n) is 4.26. The van der Waals surface area contributed by atoms with Gasteiger partial charge in [-0.25, -0.2) is 4.79 Å². The van der Waals surface area contributed by atoms with E-state index in [2.05, 4.69) is 0 Å². The molecule has 0 saturated carbocycles. The highest BCUT2D eigenvalue weighted by atomic mass is 16.5. The Morgan fingerprint density at radius 3 is 2.30 bits per heavy atom. The summed E-state index contributed by atoms with van der Waals surface area (Å²) in [6.07, 6.45) is -0.326. The van der Waals surface area contributed by atoms with Crippen molar-refractivity contribution in [3.8, 4) is 11.5 Å². The van der Waals surface area contributed by atoms with Crippen molar-refractivity contribution < 1.29 is 33.7 Å². The average Bonchev–Trinajstić information content (AvgIpc) is 3.18. The van der Waals surface area contributed by atoms with E-state index in [1.165, 1.54) is 31.3 Å². The average molecular weight is 502 g/mol. The van der Waals surface area contributed by atoms with Crippen molar-refractivity contribution in [1.29, 1.82) is 0 Å². The van der Waals surface area contributed by atoms with Gasteiger partial charge in [-0.2, -0.15) is 0 Å². The van der Waals surface area contributed by atoms with Gasteiger partial charge in [0.1, 0.15) is 17.3 Å². The maximum Gasteiger partial charge on any atom is 0.338 e. The van der Waals surface area contributed by atoms with E-state index in [9.17, 15) is 19.5 Å². The summed E-state index contributed by atoms with van der Waals surface area (Å²) in [5.74, 6) is -1.93. The predicted octanol–water partition coefficient (Wildman–Crippen LogP) is 4.90. The lowest BCUT2D eigenvalue weighted by atomic mass is 9.94. The van der Waals surface area contributed by atoms with Crippen molar-refractivity contribution in [3.05, 3.63) is 95.1 Å². The zero-order valence-electron chi connectivity index (χ0n) is 20.9. The molecular formula is C29H27NO7. The molecule has 1 aliphatic rings. The van der Waals surface area contributed by atoms with E-state index in [1.54, 1.807) is 68.4 Å². The molecule has 0 aliphatic carbocycles. The van der Waals surface area contributed by atoms with Crippen molar-refractivity contribution in [2.45, 2.75) is 26.0 Å². The first-order chi connectivity index (χ1) is 17.8. The molecule has 0 radical (unpaired) electrons. The van der Waals surface area contributed by atoms with Gasteiger partial charge in [0.05, 0.1) is 43.1 Å². The summed E-state index contributed by atoms with van der Waals surface area (Å²) in [5, 5.41) is 11.4. The van der Waals surface area contributed by atoms with Crippen LogP contribution in [-0.2, 0) is 14.3 Å². The van der Waals surface area contributed by atoms with Gasteiger partial charge < -0.3 is 19.3 Å². The van der Waals surface area contributed by atoms with Gasteiger partial charge in [0.2, 0.25) is 0 Å². The number of ether oxygens (including phenoxy) is 3. The van der Waals surface area contributed by atoms with E-state index in [1.807, 2.05) is 6.07 Å². The summed E-state index contributed by atoms with van der Waals surface area (Å²) in [6, 6.07) is 19.0. The van der Waals surface area contributed by atoms with Crippen LogP contribution in [0.2, 0.25) is 0 Å². The molecule has 37 heavy (non-hydrogen) atoms. The highest BCUT2D eigenvalue weighted by Gasteiger charge is 2.47. The summed E-state index contributed by atoms with van der Waals surface area (Å²) in [4.78, 5) is 40.7. The molecule has 0 spiro atoms. The molecular weight excluding hydrogens is 474 g/mol. The van der Waals surface area contributed by atoms with Gasteiger partial charge in [-0.15, -0.1) is 0 Å². The van der Waals surface area contributed by atoms with Gasteiger partial charge in [-0.3, -0.25) is 14.5 Å². The molecule has 4 rings (SSSR count). The summed E-state index contributed by atoms with van der Waals surface area (Å²) in [6.45, 7) is 3.48. The van der Waals surface area contributed by atoms with Crippen LogP contribution < -0.4 is 14.4 Å². The monoisotopic (exact) mass is 501 g/mol. The topological polar surface area (TPSA) is 102 Å². The zero-order chi connectivity index (χ0) is 26.7. The number of hydrogen-bond acceptors (Lipinski definition) is 7.